The predicted octanol–water partition coefficient (Wildman–Crippen LogP) is 3.93. The Hall–Kier alpha value is -0.800. The van der Waals surface area contributed by atoms with E-state index >= 15 is 0 Å². The summed E-state index contributed by atoms with van der Waals surface area (Å²) in [5.41, 5.74) is 1.86. The SMILES string of the molecule is CCc1sccc1-c1noc(C)c1Cl. The summed E-state index contributed by atoms with van der Waals surface area (Å²) in [4.78, 5) is 1.29. The number of aromatic nitrogens is 1. The molecule has 0 atom stereocenters. The van der Waals surface area contributed by atoms with Crippen LogP contribution in [0.4, 0.5) is 0 Å². The van der Waals surface area contributed by atoms with E-state index in [4.69, 9.17) is 16.1 Å². The Morgan fingerprint density at radius 1 is 1.57 bits per heavy atom. The minimum absolute atomic E-state index is 0.623. The molecule has 4 heteroatoms. The fraction of sp³-hybridized carbons (Fsp3) is 0.300. The highest BCUT2D eigenvalue weighted by molar-refractivity contribution is 7.10. The monoisotopic (exact) mass is 227 g/mol. The Morgan fingerprint density at radius 3 is 2.93 bits per heavy atom. The van der Waals surface area contributed by atoms with E-state index in [1.807, 2.05) is 13.0 Å². The van der Waals surface area contributed by atoms with Crippen molar-refractivity contribution in [3.05, 3.63) is 27.1 Å². The molecule has 0 fully saturated rings. The van der Waals surface area contributed by atoms with Crippen LogP contribution in [0.25, 0.3) is 11.3 Å². The molecule has 2 nitrogen and oxygen atoms in total. The molecule has 0 aliphatic rings. The van der Waals surface area contributed by atoms with Crippen LogP contribution in [0.5, 0.6) is 0 Å². The van der Waals surface area contributed by atoms with Crippen LogP contribution >= 0.6 is 22.9 Å². The van der Waals surface area contributed by atoms with Crippen molar-refractivity contribution in [2.45, 2.75) is 20.3 Å². The molecule has 0 bridgehead atoms. The maximum Gasteiger partial charge on any atom is 0.152 e. The summed E-state index contributed by atoms with van der Waals surface area (Å²) in [5, 5.41) is 6.64. The fourth-order valence-electron chi connectivity index (χ4n) is 1.35. The van der Waals surface area contributed by atoms with Gasteiger partial charge in [-0.05, 0) is 24.8 Å². The summed E-state index contributed by atoms with van der Waals surface area (Å²) in [6.45, 7) is 3.94. The van der Waals surface area contributed by atoms with E-state index in [0.29, 0.717) is 10.8 Å². The van der Waals surface area contributed by atoms with Gasteiger partial charge in [0.15, 0.2) is 5.76 Å². The Bertz CT molecular complexity index is 447. The van der Waals surface area contributed by atoms with Crippen LogP contribution < -0.4 is 0 Å². The lowest BCUT2D eigenvalue weighted by Crippen LogP contribution is -1.80. The third-order valence-corrected chi connectivity index (χ3v) is 3.62. The van der Waals surface area contributed by atoms with Crippen molar-refractivity contribution in [3.63, 3.8) is 0 Å². The minimum atomic E-state index is 0.623. The average molecular weight is 228 g/mol. The molecule has 0 radical (unpaired) electrons. The third-order valence-electron chi connectivity index (χ3n) is 2.11. The molecule has 74 valence electrons. The minimum Gasteiger partial charge on any atom is -0.359 e. The highest BCUT2D eigenvalue weighted by Crippen LogP contribution is 2.34. The van der Waals surface area contributed by atoms with Crippen molar-refractivity contribution in [1.82, 2.24) is 5.16 Å². The number of rotatable bonds is 2. The summed E-state index contributed by atoms with van der Waals surface area (Å²) >= 11 is 7.80. The van der Waals surface area contributed by atoms with Crippen LogP contribution in [-0.2, 0) is 6.42 Å². The first kappa shape index (κ1) is 9.74. The van der Waals surface area contributed by atoms with Gasteiger partial charge in [-0.15, -0.1) is 11.3 Å². The van der Waals surface area contributed by atoms with E-state index < -0.39 is 0 Å². The van der Waals surface area contributed by atoms with Crippen molar-refractivity contribution in [3.8, 4) is 11.3 Å². The van der Waals surface area contributed by atoms with Crippen LogP contribution in [0.1, 0.15) is 17.6 Å². The van der Waals surface area contributed by atoms with E-state index in [1.54, 1.807) is 11.3 Å². The van der Waals surface area contributed by atoms with Crippen molar-refractivity contribution < 1.29 is 4.52 Å². The summed E-state index contributed by atoms with van der Waals surface area (Å²) in [6.07, 6.45) is 0.995. The molecule has 2 heterocycles. The summed E-state index contributed by atoms with van der Waals surface area (Å²) in [7, 11) is 0. The zero-order valence-corrected chi connectivity index (χ0v) is 9.58. The topological polar surface area (TPSA) is 26.0 Å². The molecule has 0 saturated heterocycles. The van der Waals surface area contributed by atoms with Crippen molar-refractivity contribution in [2.24, 2.45) is 0 Å². The molecule has 0 unspecified atom stereocenters. The first-order valence-corrected chi connectivity index (χ1v) is 5.68. The number of nitrogens with zero attached hydrogens (tertiary/aromatic N) is 1. The van der Waals surface area contributed by atoms with E-state index in [1.165, 1.54) is 4.88 Å². The quantitative estimate of drug-likeness (QED) is 0.777. The van der Waals surface area contributed by atoms with Gasteiger partial charge in [0, 0.05) is 10.4 Å². The van der Waals surface area contributed by atoms with Gasteiger partial charge in [0.2, 0.25) is 0 Å². The molecule has 0 aliphatic heterocycles. The van der Waals surface area contributed by atoms with Crippen LogP contribution in [0.2, 0.25) is 5.02 Å². The number of halogens is 1. The molecular formula is C10H10ClNOS. The largest absolute Gasteiger partial charge is 0.359 e. The first-order chi connectivity index (χ1) is 6.74. The molecule has 2 aromatic rings. The van der Waals surface area contributed by atoms with Gasteiger partial charge in [0.1, 0.15) is 10.7 Å². The van der Waals surface area contributed by atoms with E-state index in [-0.39, 0.29) is 0 Å². The second kappa shape index (κ2) is 3.75. The summed E-state index contributed by atoms with van der Waals surface area (Å²) < 4.78 is 5.04. The summed E-state index contributed by atoms with van der Waals surface area (Å²) in [5.74, 6) is 0.676. The normalized spacial score (nSPS) is 10.8. The maximum absolute atomic E-state index is 6.08. The fourth-order valence-corrected chi connectivity index (χ4v) is 2.35. The number of hydrogen-bond donors (Lipinski definition) is 0. The zero-order valence-electron chi connectivity index (χ0n) is 8.00. The zero-order chi connectivity index (χ0) is 10.1. The lowest BCUT2D eigenvalue weighted by atomic mass is 10.1. The van der Waals surface area contributed by atoms with Gasteiger partial charge >= 0.3 is 0 Å². The van der Waals surface area contributed by atoms with Gasteiger partial charge in [-0.2, -0.15) is 0 Å². The van der Waals surface area contributed by atoms with Crippen molar-refractivity contribution in [2.75, 3.05) is 0 Å². The maximum atomic E-state index is 6.08. The average Bonchev–Trinajstić information content (AvgIpc) is 2.75. The van der Waals surface area contributed by atoms with Crippen molar-refractivity contribution >= 4 is 22.9 Å². The molecule has 0 saturated carbocycles. The molecule has 0 aromatic carbocycles. The lowest BCUT2D eigenvalue weighted by molar-refractivity contribution is 0.399. The van der Waals surface area contributed by atoms with E-state index in [2.05, 4.69) is 17.5 Å². The standard InChI is InChI=1S/C10H10ClNOS/c1-3-8-7(4-5-14-8)10-9(11)6(2)13-12-10/h4-5H,3H2,1-2H3. The predicted molar refractivity (Wildman–Crippen MR) is 58.9 cm³/mol. The van der Waals surface area contributed by atoms with Crippen LogP contribution in [0.15, 0.2) is 16.0 Å². The Kier molecular flexibility index (Phi) is 2.61. The lowest BCUT2D eigenvalue weighted by Gasteiger charge is -1.96. The second-order valence-electron chi connectivity index (χ2n) is 3.01. The van der Waals surface area contributed by atoms with Crippen LogP contribution in [0.3, 0.4) is 0 Å². The molecule has 2 aromatic heterocycles. The van der Waals surface area contributed by atoms with Gasteiger partial charge in [0.05, 0.1) is 0 Å². The number of thiophene rings is 1. The van der Waals surface area contributed by atoms with Gasteiger partial charge in [-0.3, -0.25) is 0 Å². The smallest absolute Gasteiger partial charge is 0.152 e. The Balaban J connectivity index is 2.54. The summed E-state index contributed by atoms with van der Waals surface area (Å²) in [6, 6.07) is 2.03. The highest BCUT2D eigenvalue weighted by atomic mass is 35.5. The Morgan fingerprint density at radius 2 is 2.36 bits per heavy atom. The van der Waals surface area contributed by atoms with Gasteiger partial charge in [-0.25, -0.2) is 0 Å². The molecule has 0 amide bonds. The van der Waals surface area contributed by atoms with E-state index in [0.717, 1.165) is 17.7 Å². The van der Waals surface area contributed by atoms with Gasteiger partial charge in [-0.1, -0.05) is 23.7 Å². The second-order valence-corrected chi connectivity index (χ2v) is 4.39. The number of hydrogen-bond acceptors (Lipinski definition) is 3. The molecular weight excluding hydrogens is 218 g/mol. The van der Waals surface area contributed by atoms with Gasteiger partial charge < -0.3 is 4.52 Å². The molecule has 2 rings (SSSR count). The molecule has 14 heavy (non-hydrogen) atoms. The molecule has 0 spiro atoms. The third kappa shape index (κ3) is 1.47. The first-order valence-electron chi connectivity index (χ1n) is 4.42. The van der Waals surface area contributed by atoms with Crippen molar-refractivity contribution in [1.29, 1.82) is 0 Å². The molecule has 0 N–H and O–H groups in total. The molecule has 0 aliphatic carbocycles. The van der Waals surface area contributed by atoms with Crippen LogP contribution in [0, 0.1) is 6.92 Å². The highest BCUT2D eigenvalue weighted by Gasteiger charge is 2.15. The van der Waals surface area contributed by atoms with Gasteiger partial charge in [0.25, 0.3) is 0 Å². The van der Waals surface area contributed by atoms with Crippen LogP contribution in [-0.4, -0.2) is 5.16 Å². The van der Waals surface area contributed by atoms with E-state index in [9.17, 15) is 0 Å². The Labute approximate surface area is 91.5 Å². The number of aryl methyl sites for hydroxylation is 2.